The topological polar surface area (TPSA) is 21.1 Å². The first-order valence-electron chi connectivity index (χ1n) is 8.23. The largest absolute Gasteiger partial charge is 0.319 e. The molecule has 2 aromatic heterocycles. The minimum atomic E-state index is -2.56. The third-order valence-electron chi connectivity index (χ3n) is 4.06. The van der Waals surface area contributed by atoms with Crippen molar-refractivity contribution in [2.24, 2.45) is 0 Å². The van der Waals surface area contributed by atoms with Crippen LogP contribution >= 0.6 is 11.3 Å². The van der Waals surface area contributed by atoms with Gasteiger partial charge in [-0.05, 0) is 31.0 Å². The van der Waals surface area contributed by atoms with Crippen LogP contribution in [0.3, 0.4) is 0 Å². The number of aromatic nitrogens is 2. The smallest absolute Gasteiger partial charge is 0.291 e. The van der Waals surface area contributed by atoms with Gasteiger partial charge < -0.3 is 0 Å². The molecule has 0 unspecified atom stereocenters. The predicted octanol–water partition coefficient (Wildman–Crippen LogP) is 4.89. The molecule has 25 heavy (non-hydrogen) atoms. The summed E-state index contributed by atoms with van der Waals surface area (Å²) in [6.07, 6.45) is 3.65. The van der Waals surface area contributed by atoms with E-state index < -0.39 is 6.55 Å². The van der Waals surface area contributed by atoms with Crippen molar-refractivity contribution in [2.75, 3.05) is 6.54 Å². The van der Waals surface area contributed by atoms with Crippen molar-refractivity contribution in [2.45, 2.75) is 33.0 Å². The summed E-state index contributed by atoms with van der Waals surface area (Å²) in [6.45, 7) is 1.45. The Morgan fingerprint density at radius 1 is 1.12 bits per heavy atom. The fraction of sp³-hybridized carbons (Fsp3) is 0.316. The molecule has 3 aromatic rings. The van der Waals surface area contributed by atoms with Crippen LogP contribution in [0, 0.1) is 6.92 Å². The second kappa shape index (κ2) is 8.36. The lowest BCUT2D eigenvalue weighted by Gasteiger charge is -2.22. The van der Waals surface area contributed by atoms with Gasteiger partial charge in [-0.2, -0.15) is 8.78 Å². The molecule has 132 valence electrons. The lowest BCUT2D eigenvalue weighted by atomic mass is 10.1. The number of alkyl halides is 2. The summed E-state index contributed by atoms with van der Waals surface area (Å²) in [6, 6.07) is 14.4. The first-order chi connectivity index (χ1) is 12.1. The van der Waals surface area contributed by atoms with Crippen LogP contribution in [-0.4, -0.2) is 21.0 Å². The molecule has 0 N–H and O–H groups in total. The molecule has 0 fully saturated rings. The molecule has 0 amide bonds. The Morgan fingerprint density at radius 3 is 2.60 bits per heavy atom. The van der Waals surface area contributed by atoms with E-state index in [1.807, 2.05) is 18.2 Å². The standard InChI is InChI=1S/C19H21F2N3S/c1-15-7-8-17(25-15)13-23(11-9-16-5-3-2-4-6-16)14-18-22-10-12-24(18)19(20)21/h2-8,10,12,19H,9,11,13-14H2,1H3. The van der Waals surface area contributed by atoms with Gasteiger partial charge in [0.25, 0.3) is 0 Å². The first-order valence-corrected chi connectivity index (χ1v) is 9.05. The van der Waals surface area contributed by atoms with Gasteiger partial charge in [0.1, 0.15) is 5.82 Å². The Labute approximate surface area is 150 Å². The van der Waals surface area contributed by atoms with E-state index >= 15 is 0 Å². The molecule has 3 nitrogen and oxygen atoms in total. The molecule has 0 saturated heterocycles. The summed E-state index contributed by atoms with van der Waals surface area (Å²) < 4.78 is 27.1. The van der Waals surface area contributed by atoms with Crippen molar-refractivity contribution in [1.29, 1.82) is 0 Å². The van der Waals surface area contributed by atoms with Crippen LogP contribution in [0.2, 0.25) is 0 Å². The maximum Gasteiger partial charge on any atom is 0.319 e. The highest BCUT2D eigenvalue weighted by molar-refractivity contribution is 7.11. The van der Waals surface area contributed by atoms with E-state index in [1.165, 1.54) is 27.7 Å². The Balaban J connectivity index is 1.72. The van der Waals surface area contributed by atoms with E-state index in [2.05, 4.69) is 41.1 Å². The van der Waals surface area contributed by atoms with Crippen molar-refractivity contribution in [3.63, 3.8) is 0 Å². The maximum atomic E-state index is 13.1. The Morgan fingerprint density at radius 2 is 1.92 bits per heavy atom. The zero-order valence-corrected chi connectivity index (χ0v) is 14.9. The molecule has 0 aliphatic carbocycles. The predicted molar refractivity (Wildman–Crippen MR) is 96.8 cm³/mol. The summed E-state index contributed by atoms with van der Waals surface area (Å²) >= 11 is 1.74. The number of benzene rings is 1. The molecule has 0 atom stereocenters. The molecule has 0 aliphatic heterocycles. The van der Waals surface area contributed by atoms with Crippen molar-refractivity contribution < 1.29 is 8.78 Å². The lowest BCUT2D eigenvalue weighted by molar-refractivity contribution is 0.0637. The molecule has 1 aromatic carbocycles. The number of halogens is 2. The van der Waals surface area contributed by atoms with Gasteiger partial charge in [-0.25, -0.2) is 4.98 Å². The number of thiophene rings is 1. The molecule has 0 bridgehead atoms. The van der Waals surface area contributed by atoms with Gasteiger partial charge in [0, 0.05) is 35.2 Å². The summed E-state index contributed by atoms with van der Waals surface area (Å²) in [5, 5.41) is 0. The highest BCUT2D eigenvalue weighted by Gasteiger charge is 2.16. The number of rotatable bonds is 8. The third-order valence-corrected chi connectivity index (χ3v) is 5.04. The van der Waals surface area contributed by atoms with Crippen LogP contribution in [0.5, 0.6) is 0 Å². The van der Waals surface area contributed by atoms with Gasteiger partial charge >= 0.3 is 6.55 Å². The van der Waals surface area contributed by atoms with E-state index in [1.54, 1.807) is 11.3 Å². The Bertz CT molecular complexity index is 783. The molecular weight excluding hydrogens is 340 g/mol. The molecule has 0 aliphatic rings. The van der Waals surface area contributed by atoms with E-state index in [9.17, 15) is 8.78 Å². The highest BCUT2D eigenvalue weighted by atomic mass is 32.1. The summed E-state index contributed by atoms with van der Waals surface area (Å²) in [5.41, 5.74) is 1.24. The van der Waals surface area contributed by atoms with Crippen LogP contribution in [0.4, 0.5) is 8.78 Å². The van der Waals surface area contributed by atoms with E-state index in [0.717, 1.165) is 24.1 Å². The van der Waals surface area contributed by atoms with Crippen LogP contribution in [0.1, 0.15) is 27.7 Å². The molecule has 0 radical (unpaired) electrons. The average molecular weight is 361 g/mol. The van der Waals surface area contributed by atoms with Gasteiger partial charge in [-0.3, -0.25) is 9.47 Å². The fourth-order valence-electron chi connectivity index (χ4n) is 2.78. The third kappa shape index (κ3) is 4.96. The second-order valence-corrected chi connectivity index (χ2v) is 7.36. The molecule has 2 heterocycles. The van der Waals surface area contributed by atoms with Crippen molar-refractivity contribution in [3.05, 3.63) is 76.0 Å². The summed E-state index contributed by atoms with van der Waals surface area (Å²) in [5.74, 6) is 0.399. The zero-order chi connectivity index (χ0) is 17.6. The van der Waals surface area contributed by atoms with E-state index in [0.29, 0.717) is 12.4 Å². The van der Waals surface area contributed by atoms with Gasteiger partial charge in [0.05, 0.1) is 6.54 Å². The SMILES string of the molecule is Cc1ccc(CN(CCc2ccccc2)Cc2nccn2C(F)F)s1. The van der Waals surface area contributed by atoms with Crippen LogP contribution in [-0.2, 0) is 19.5 Å². The lowest BCUT2D eigenvalue weighted by Crippen LogP contribution is -2.26. The van der Waals surface area contributed by atoms with Crippen molar-refractivity contribution in [3.8, 4) is 0 Å². The summed E-state index contributed by atoms with van der Waals surface area (Å²) in [4.78, 5) is 8.80. The van der Waals surface area contributed by atoms with Gasteiger partial charge in [-0.1, -0.05) is 30.3 Å². The van der Waals surface area contributed by atoms with E-state index in [-0.39, 0.29) is 0 Å². The van der Waals surface area contributed by atoms with Crippen molar-refractivity contribution >= 4 is 11.3 Å². The van der Waals surface area contributed by atoms with Gasteiger partial charge in [0.15, 0.2) is 0 Å². The molecule has 6 heteroatoms. The minimum Gasteiger partial charge on any atom is -0.291 e. The number of imidazole rings is 1. The highest BCUT2D eigenvalue weighted by Crippen LogP contribution is 2.20. The quantitative estimate of drug-likeness (QED) is 0.569. The number of nitrogens with zero attached hydrogens (tertiary/aromatic N) is 3. The monoisotopic (exact) mass is 361 g/mol. The zero-order valence-electron chi connectivity index (χ0n) is 14.1. The van der Waals surface area contributed by atoms with Crippen molar-refractivity contribution in [1.82, 2.24) is 14.5 Å². The number of aryl methyl sites for hydroxylation is 1. The van der Waals surface area contributed by atoms with Gasteiger partial charge in [0.2, 0.25) is 0 Å². The molecule has 3 rings (SSSR count). The fourth-order valence-corrected chi connectivity index (χ4v) is 3.71. The Hall–Kier alpha value is -2.05. The maximum absolute atomic E-state index is 13.1. The number of hydrogen-bond donors (Lipinski definition) is 0. The first kappa shape index (κ1) is 17.8. The molecule has 0 spiro atoms. The van der Waals surface area contributed by atoms with Gasteiger partial charge in [-0.15, -0.1) is 11.3 Å². The summed E-state index contributed by atoms with van der Waals surface area (Å²) in [7, 11) is 0. The Kier molecular flexibility index (Phi) is 5.94. The van der Waals surface area contributed by atoms with Crippen LogP contribution in [0.25, 0.3) is 0 Å². The van der Waals surface area contributed by atoms with E-state index in [4.69, 9.17) is 0 Å². The average Bonchev–Trinajstić information content (AvgIpc) is 3.22. The molecular formula is C19H21F2N3S. The van der Waals surface area contributed by atoms with Crippen LogP contribution < -0.4 is 0 Å². The molecule has 0 saturated carbocycles. The normalized spacial score (nSPS) is 11.6. The minimum absolute atomic E-state index is 0.399. The number of hydrogen-bond acceptors (Lipinski definition) is 3. The second-order valence-electron chi connectivity index (χ2n) is 5.99. The van der Waals surface area contributed by atoms with Crippen LogP contribution in [0.15, 0.2) is 54.9 Å².